The largest absolute Gasteiger partial charge is 0.486 e. The molecule has 2 aliphatic heterocycles. The number of ketones is 1. The maximum Gasteiger partial charge on any atom is 0.267 e. The Morgan fingerprint density at radius 2 is 1.93 bits per heavy atom. The third-order valence-electron chi connectivity index (χ3n) is 5.98. The molecule has 0 bridgehead atoms. The second-order valence-corrected chi connectivity index (χ2v) is 8.03. The number of Topliss-reactive ketones (excluding diaryl/α,β-unsaturated/α-hetero) is 1. The van der Waals surface area contributed by atoms with Crippen molar-refractivity contribution in [3.63, 3.8) is 0 Å². The van der Waals surface area contributed by atoms with Crippen LogP contribution in [0.1, 0.15) is 40.7 Å². The van der Waals surface area contributed by atoms with Gasteiger partial charge in [0.15, 0.2) is 5.78 Å². The van der Waals surface area contributed by atoms with Crippen LogP contribution in [0.2, 0.25) is 0 Å². The van der Waals surface area contributed by atoms with Crippen molar-refractivity contribution in [1.29, 1.82) is 0 Å². The van der Waals surface area contributed by atoms with Crippen molar-refractivity contribution < 1.29 is 19.5 Å². The van der Waals surface area contributed by atoms with E-state index in [9.17, 15) is 9.59 Å². The number of nitrogens with zero attached hydrogens (tertiary/aromatic N) is 1. The fraction of sp³-hybridized carbons (Fsp3) is 0.333. The van der Waals surface area contributed by atoms with Crippen molar-refractivity contribution in [3.8, 4) is 5.75 Å². The van der Waals surface area contributed by atoms with Gasteiger partial charge >= 0.3 is 0 Å². The van der Waals surface area contributed by atoms with Gasteiger partial charge in [0.2, 0.25) is 0 Å². The summed E-state index contributed by atoms with van der Waals surface area (Å²) < 4.78 is 6.35. The van der Waals surface area contributed by atoms with Crippen LogP contribution >= 0.6 is 0 Å². The molecule has 2 aromatic carbocycles. The Hall–Kier alpha value is -2.96. The van der Waals surface area contributed by atoms with Crippen molar-refractivity contribution in [2.24, 2.45) is 0 Å². The third-order valence-corrected chi connectivity index (χ3v) is 5.98. The van der Waals surface area contributed by atoms with Crippen LogP contribution in [0.3, 0.4) is 0 Å². The Kier molecular flexibility index (Phi) is 5.97. The van der Waals surface area contributed by atoms with Crippen LogP contribution in [0.15, 0.2) is 54.6 Å². The summed E-state index contributed by atoms with van der Waals surface area (Å²) in [6.45, 7) is 2.86. The number of nitrogens with one attached hydrogen (secondary N) is 1. The van der Waals surface area contributed by atoms with Crippen molar-refractivity contribution in [3.05, 3.63) is 71.3 Å². The molecule has 0 aliphatic carbocycles. The normalized spacial score (nSPS) is 18.2. The van der Waals surface area contributed by atoms with Gasteiger partial charge in [0.1, 0.15) is 11.4 Å². The Labute approximate surface area is 176 Å². The molecule has 2 N–H and O–H groups in total. The number of amides is 1. The SMILES string of the molecule is O=C(/C=C/c1ccc2c(c1)C(=O)CC1(CCN(CCc3ccccc3)CC1)O2)NO. The first kappa shape index (κ1) is 20.3. The highest BCUT2D eigenvalue weighted by molar-refractivity contribution is 6.01. The number of benzene rings is 2. The van der Waals surface area contributed by atoms with Crippen LogP contribution in [0.5, 0.6) is 5.75 Å². The highest BCUT2D eigenvalue weighted by Crippen LogP contribution is 2.39. The minimum Gasteiger partial charge on any atom is -0.486 e. The van der Waals surface area contributed by atoms with E-state index in [1.54, 1.807) is 29.8 Å². The van der Waals surface area contributed by atoms with Crippen LogP contribution in [0.4, 0.5) is 0 Å². The van der Waals surface area contributed by atoms with Gasteiger partial charge in [-0.1, -0.05) is 36.4 Å². The van der Waals surface area contributed by atoms with Crippen LogP contribution in [0.25, 0.3) is 6.08 Å². The number of fused-ring (bicyclic) bond motifs is 1. The second kappa shape index (κ2) is 8.81. The summed E-state index contributed by atoms with van der Waals surface area (Å²) in [5.41, 5.74) is 3.74. The average molecular weight is 406 g/mol. The molecule has 0 unspecified atom stereocenters. The van der Waals surface area contributed by atoms with E-state index in [2.05, 4.69) is 29.2 Å². The van der Waals surface area contributed by atoms with Crippen molar-refractivity contribution in [2.75, 3.05) is 19.6 Å². The molecule has 0 radical (unpaired) electrons. The monoisotopic (exact) mass is 406 g/mol. The molecule has 0 saturated carbocycles. The summed E-state index contributed by atoms with van der Waals surface area (Å²) in [5, 5.41) is 8.57. The number of ether oxygens (including phenoxy) is 1. The fourth-order valence-corrected chi connectivity index (χ4v) is 4.22. The number of rotatable bonds is 5. The van der Waals surface area contributed by atoms with E-state index in [4.69, 9.17) is 9.94 Å². The van der Waals surface area contributed by atoms with Crippen molar-refractivity contribution in [1.82, 2.24) is 10.4 Å². The molecular weight excluding hydrogens is 380 g/mol. The lowest BCUT2D eigenvalue weighted by molar-refractivity contribution is -0.124. The number of hydroxylamine groups is 1. The molecule has 1 saturated heterocycles. The first-order valence-corrected chi connectivity index (χ1v) is 10.3. The average Bonchev–Trinajstić information content (AvgIpc) is 2.78. The summed E-state index contributed by atoms with van der Waals surface area (Å²) in [5.74, 6) is 0.0804. The number of likely N-dealkylation sites (tertiary alicyclic amines) is 1. The summed E-state index contributed by atoms with van der Waals surface area (Å²) in [6.07, 6.45) is 5.85. The molecule has 0 aromatic heterocycles. The molecule has 30 heavy (non-hydrogen) atoms. The lowest BCUT2D eigenvalue weighted by Crippen LogP contribution is -2.51. The van der Waals surface area contributed by atoms with Gasteiger partial charge in [-0.05, 0) is 35.8 Å². The number of piperidine rings is 1. The smallest absolute Gasteiger partial charge is 0.267 e. The van der Waals surface area contributed by atoms with E-state index in [-0.39, 0.29) is 5.78 Å². The predicted octanol–water partition coefficient (Wildman–Crippen LogP) is 3.25. The van der Waals surface area contributed by atoms with E-state index in [0.29, 0.717) is 23.3 Å². The first-order valence-electron chi connectivity index (χ1n) is 10.3. The molecule has 1 amide bonds. The molecule has 6 heteroatoms. The quantitative estimate of drug-likeness (QED) is 0.453. The molecule has 1 fully saturated rings. The first-order chi connectivity index (χ1) is 14.6. The molecular formula is C24H26N2O4. The maximum absolute atomic E-state index is 12.9. The molecule has 156 valence electrons. The lowest BCUT2D eigenvalue weighted by atomic mass is 9.82. The van der Waals surface area contributed by atoms with Gasteiger partial charge in [-0.3, -0.25) is 14.8 Å². The zero-order valence-corrected chi connectivity index (χ0v) is 16.8. The van der Waals surface area contributed by atoms with Gasteiger partial charge < -0.3 is 9.64 Å². The van der Waals surface area contributed by atoms with Gasteiger partial charge in [-0.25, -0.2) is 5.48 Å². The zero-order chi connectivity index (χ0) is 21.0. The Bertz CT molecular complexity index is 947. The minimum atomic E-state index is -0.617. The molecule has 6 nitrogen and oxygen atoms in total. The van der Waals surface area contributed by atoms with Gasteiger partial charge in [-0.15, -0.1) is 0 Å². The fourth-order valence-electron chi connectivity index (χ4n) is 4.22. The lowest BCUT2D eigenvalue weighted by Gasteiger charge is -2.44. The standard InChI is InChI=1S/C24H26N2O4/c27-21-17-24(11-14-26(15-12-24)13-10-18-4-2-1-3-5-18)30-22-8-6-19(16-20(21)22)7-9-23(28)25-29/h1-9,16,29H,10-15,17H2,(H,25,28)/b9-7+. The highest BCUT2D eigenvalue weighted by Gasteiger charge is 2.42. The predicted molar refractivity (Wildman–Crippen MR) is 114 cm³/mol. The summed E-state index contributed by atoms with van der Waals surface area (Å²) in [4.78, 5) is 26.5. The summed E-state index contributed by atoms with van der Waals surface area (Å²) in [6, 6.07) is 15.8. The molecule has 2 aliphatic rings. The Balaban J connectivity index is 1.38. The molecule has 2 heterocycles. The minimum absolute atomic E-state index is 0.0795. The van der Waals surface area contributed by atoms with E-state index in [0.717, 1.165) is 38.9 Å². The summed E-state index contributed by atoms with van der Waals surface area (Å²) in [7, 11) is 0. The van der Waals surface area contributed by atoms with E-state index in [1.165, 1.54) is 11.6 Å². The number of carbonyl (C=O) groups is 2. The van der Waals surface area contributed by atoms with Crippen LogP contribution in [-0.4, -0.2) is 47.0 Å². The van der Waals surface area contributed by atoms with E-state index >= 15 is 0 Å². The number of carbonyl (C=O) groups excluding carboxylic acids is 2. The molecule has 4 rings (SSSR count). The molecule has 1 spiro atoms. The number of hydrogen-bond acceptors (Lipinski definition) is 5. The van der Waals surface area contributed by atoms with E-state index in [1.807, 2.05) is 6.07 Å². The number of hydrogen-bond donors (Lipinski definition) is 2. The Morgan fingerprint density at radius 3 is 2.67 bits per heavy atom. The van der Waals surface area contributed by atoms with Crippen molar-refractivity contribution in [2.45, 2.75) is 31.3 Å². The maximum atomic E-state index is 12.9. The molecule has 2 aromatic rings. The third kappa shape index (κ3) is 4.61. The highest BCUT2D eigenvalue weighted by atomic mass is 16.5. The van der Waals surface area contributed by atoms with Crippen LogP contribution in [0, 0.1) is 0 Å². The second-order valence-electron chi connectivity index (χ2n) is 8.03. The van der Waals surface area contributed by atoms with E-state index < -0.39 is 11.5 Å². The van der Waals surface area contributed by atoms with Crippen molar-refractivity contribution >= 4 is 17.8 Å². The topological polar surface area (TPSA) is 78.9 Å². The summed E-state index contributed by atoms with van der Waals surface area (Å²) >= 11 is 0. The Morgan fingerprint density at radius 1 is 1.17 bits per heavy atom. The van der Waals surface area contributed by atoms with Gasteiger partial charge in [0, 0.05) is 38.6 Å². The van der Waals surface area contributed by atoms with Gasteiger partial charge in [0.25, 0.3) is 5.91 Å². The molecule has 0 atom stereocenters. The zero-order valence-electron chi connectivity index (χ0n) is 16.8. The van der Waals surface area contributed by atoms with Crippen LogP contribution < -0.4 is 10.2 Å². The van der Waals surface area contributed by atoms with Gasteiger partial charge in [0.05, 0.1) is 12.0 Å². The van der Waals surface area contributed by atoms with Gasteiger partial charge in [-0.2, -0.15) is 0 Å². The van der Waals surface area contributed by atoms with Crippen LogP contribution in [-0.2, 0) is 11.2 Å².